The van der Waals surface area contributed by atoms with E-state index < -0.39 is 24.2 Å². The van der Waals surface area contributed by atoms with Crippen LogP contribution in [0.5, 0.6) is 0 Å². The molecule has 9 heteroatoms. The predicted molar refractivity (Wildman–Crippen MR) is 61.1 cm³/mol. The van der Waals surface area contributed by atoms with Crippen LogP contribution < -0.4 is 16.6 Å². The van der Waals surface area contributed by atoms with Gasteiger partial charge in [0.05, 0.1) is 6.54 Å². The largest absolute Gasteiger partial charge is 0.350 e. The Labute approximate surface area is 99.1 Å². The number of nitrogens with zero attached hydrogens (tertiary/aromatic N) is 3. The van der Waals surface area contributed by atoms with E-state index in [1.54, 1.807) is 0 Å². The molecular weight excluding hydrogens is 248 g/mol. The number of anilines is 1. The number of fused-ring (bicyclic) bond motifs is 1. The first-order valence-corrected chi connectivity index (χ1v) is 5.09. The molecule has 0 spiro atoms. The second-order valence-electron chi connectivity index (χ2n) is 3.76. The van der Waals surface area contributed by atoms with Gasteiger partial charge in [-0.25, -0.2) is 13.6 Å². The second-order valence-corrected chi connectivity index (χ2v) is 3.76. The Balaban J connectivity index is 2.58. The van der Waals surface area contributed by atoms with Crippen molar-refractivity contribution in [3.63, 3.8) is 0 Å². The number of halogens is 2. The van der Waals surface area contributed by atoms with Crippen LogP contribution in [-0.4, -0.2) is 32.1 Å². The Morgan fingerprint density at radius 2 is 2.00 bits per heavy atom. The van der Waals surface area contributed by atoms with Crippen molar-refractivity contribution in [1.82, 2.24) is 19.1 Å². The highest BCUT2D eigenvalue weighted by atomic mass is 19.3. The zero-order chi connectivity index (χ0) is 13.4. The minimum absolute atomic E-state index is 0.0311. The van der Waals surface area contributed by atoms with Gasteiger partial charge >= 0.3 is 5.69 Å². The maximum Gasteiger partial charge on any atom is 0.332 e. The highest BCUT2D eigenvalue weighted by molar-refractivity contribution is 5.72. The van der Waals surface area contributed by atoms with Crippen molar-refractivity contribution in [2.45, 2.75) is 6.43 Å². The molecule has 0 atom stereocenters. The molecule has 0 fully saturated rings. The normalized spacial score (nSPS) is 11.4. The molecule has 0 radical (unpaired) electrons. The van der Waals surface area contributed by atoms with Crippen LogP contribution in [-0.2, 0) is 14.1 Å². The van der Waals surface area contributed by atoms with Crippen molar-refractivity contribution >= 4 is 17.1 Å². The fraction of sp³-hybridized carbons (Fsp3) is 0.444. The lowest BCUT2D eigenvalue weighted by Gasteiger charge is -2.00. The lowest BCUT2D eigenvalue weighted by Crippen LogP contribution is -2.36. The average molecular weight is 259 g/mol. The molecule has 0 aliphatic rings. The smallest absolute Gasteiger partial charge is 0.332 e. The van der Waals surface area contributed by atoms with E-state index in [9.17, 15) is 18.4 Å². The number of H-pyrrole nitrogens is 1. The maximum atomic E-state index is 12.0. The van der Waals surface area contributed by atoms with Gasteiger partial charge in [-0.1, -0.05) is 0 Å². The topological polar surface area (TPSA) is 84.7 Å². The molecule has 2 heterocycles. The summed E-state index contributed by atoms with van der Waals surface area (Å²) < 4.78 is 26.2. The molecule has 0 unspecified atom stereocenters. The summed E-state index contributed by atoms with van der Waals surface area (Å²) in [5.41, 5.74) is -0.860. The van der Waals surface area contributed by atoms with Crippen molar-refractivity contribution in [2.75, 3.05) is 11.9 Å². The molecule has 0 aromatic carbocycles. The summed E-state index contributed by atoms with van der Waals surface area (Å²) in [6.45, 7) is -0.589. The Morgan fingerprint density at radius 3 is 2.61 bits per heavy atom. The molecule has 2 aromatic rings. The van der Waals surface area contributed by atoms with Crippen molar-refractivity contribution in [3.8, 4) is 0 Å². The second kappa shape index (κ2) is 4.24. The molecule has 98 valence electrons. The SMILES string of the molecule is Cn1c(=O)c2[nH]c(NCC(F)F)nc2n(C)c1=O. The standard InChI is InChI=1S/C9H11F2N5O2/c1-15-6-5(7(17)16(2)9(15)18)13-8(14-6)12-3-4(10)11/h4H,3H2,1-2H3,(H2,12,13,14). The van der Waals surface area contributed by atoms with Crippen LogP contribution in [0.1, 0.15) is 0 Å². The van der Waals surface area contributed by atoms with Crippen LogP contribution in [0.3, 0.4) is 0 Å². The van der Waals surface area contributed by atoms with Crippen LogP contribution in [0.15, 0.2) is 9.59 Å². The fourth-order valence-electron chi connectivity index (χ4n) is 1.58. The monoisotopic (exact) mass is 259 g/mol. The van der Waals surface area contributed by atoms with Gasteiger partial charge in [-0.15, -0.1) is 0 Å². The van der Waals surface area contributed by atoms with Crippen molar-refractivity contribution in [2.24, 2.45) is 14.1 Å². The summed E-state index contributed by atoms with van der Waals surface area (Å²) >= 11 is 0. The van der Waals surface area contributed by atoms with Crippen LogP contribution >= 0.6 is 0 Å². The summed E-state index contributed by atoms with van der Waals surface area (Å²) in [6, 6.07) is 0. The Hall–Kier alpha value is -2.19. The number of aromatic amines is 1. The first-order chi connectivity index (χ1) is 8.41. The number of aromatic nitrogens is 4. The van der Waals surface area contributed by atoms with E-state index in [0.29, 0.717) is 0 Å². The molecule has 0 amide bonds. The first kappa shape index (κ1) is 12.3. The number of rotatable bonds is 3. The van der Waals surface area contributed by atoms with Crippen LogP contribution in [0.4, 0.5) is 14.7 Å². The zero-order valence-corrected chi connectivity index (χ0v) is 9.70. The molecule has 7 nitrogen and oxygen atoms in total. The van der Waals surface area contributed by atoms with Gasteiger partial charge in [0.15, 0.2) is 11.2 Å². The third-order valence-electron chi connectivity index (χ3n) is 2.52. The van der Waals surface area contributed by atoms with E-state index in [4.69, 9.17) is 0 Å². The van der Waals surface area contributed by atoms with Gasteiger partial charge in [-0.3, -0.25) is 13.9 Å². The third kappa shape index (κ3) is 1.87. The van der Waals surface area contributed by atoms with E-state index in [1.165, 1.54) is 18.7 Å². The highest BCUT2D eigenvalue weighted by Gasteiger charge is 2.13. The molecule has 2 N–H and O–H groups in total. The lowest BCUT2D eigenvalue weighted by molar-refractivity contribution is 0.163. The van der Waals surface area contributed by atoms with Gasteiger partial charge in [0.1, 0.15) is 0 Å². The third-order valence-corrected chi connectivity index (χ3v) is 2.52. The summed E-state index contributed by atoms with van der Waals surface area (Å²) in [5.74, 6) is 0.0311. The Morgan fingerprint density at radius 1 is 1.33 bits per heavy atom. The summed E-state index contributed by atoms with van der Waals surface area (Å²) in [5, 5.41) is 2.35. The summed E-state index contributed by atoms with van der Waals surface area (Å²) in [7, 11) is 2.78. The number of hydrogen-bond acceptors (Lipinski definition) is 4. The fourth-order valence-corrected chi connectivity index (χ4v) is 1.58. The van der Waals surface area contributed by atoms with Gasteiger partial charge in [-0.05, 0) is 0 Å². The maximum absolute atomic E-state index is 12.0. The van der Waals surface area contributed by atoms with E-state index in [-0.39, 0.29) is 17.1 Å². The van der Waals surface area contributed by atoms with Crippen molar-refractivity contribution < 1.29 is 8.78 Å². The van der Waals surface area contributed by atoms with E-state index in [0.717, 1.165) is 4.57 Å². The minimum atomic E-state index is -2.54. The number of aryl methyl sites for hydroxylation is 1. The molecule has 0 aliphatic heterocycles. The predicted octanol–water partition coefficient (Wildman–Crippen LogP) is -0.363. The molecule has 0 aliphatic carbocycles. The molecule has 0 saturated carbocycles. The Kier molecular flexibility index (Phi) is 2.89. The van der Waals surface area contributed by atoms with Gasteiger partial charge in [0.25, 0.3) is 12.0 Å². The number of hydrogen-bond donors (Lipinski definition) is 2. The molecular formula is C9H11F2N5O2. The molecule has 2 rings (SSSR count). The van der Waals surface area contributed by atoms with E-state index in [1.807, 2.05) is 0 Å². The van der Waals surface area contributed by atoms with Crippen molar-refractivity contribution in [1.29, 1.82) is 0 Å². The molecule has 18 heavy (non-hydrogen) atoms. The van der Waals surface area contributed by atoms with E-state index >= 15 is 0 Å². The Bertz CT molecular complexity index is 699. The highest BCUT2D eigenvalue weighted by Crippen LogP contribution is 2.08. The number of alkyl halides is 2. The summed E-state index contributed by atoms with van der Waals surface area (Å²) in [6.07, 6.45) is -2.54. The number of nitrogens with one attached hydrogen (secondary N) is 2. The first-order valence-electron chi connectivity index (χ1n) is 5.09. The zero-order valence-electron chi connectivity index (χ0n) is 9.70. The summed E-state index contributed by atoms with van der Waals surface area (Å²) in [4.78, 5) is 29.8. The van der Waals surface area contributed by atoms with Crippen LogP contribution in [0.2, 0.25) is 0 Å². The molecule has 0 saturated heterocycles. The van der Waals surface area contributed by atoms with Gasteiger partial charge in [-0.2, -0.15) is 4.98 Å². The molecule has 2 aromatic heterocycles. The number of imidazole rings is 1. The molecule has 0 bridgehead atoms. The van der Waals surface area contributed by atoms with Gasteiger partial charge < -0.3 is 10.3 Å². The van der Waals surface area contributed by atoms with Crippen LogP contribution in [0, 0.1) is 0 Å². The van der Waals surface area contributed by atoms with Crippen molar-refractivity contribution in [3.05, 3.63) is 20.8 Å². The minimum Gasteiger partial charge on any atom is -0.350 e. The van der Waals surface area contributed by atoms with Crippen LogP contribution in [0.25, 0.3) is 11.2 Å². The average Bonchev–Trinajstić information content (AvgIpc) is 2.75. The van der Waals surface area contributed by atoms with Gasteiger partial charge in [0, 0.05) is 14.1 Å². The van der Waals surface area contributed by atoms with E-state index in [2.05, 4.69) is 15.3 Å². The van der Waals surface area contributed by atoms with Gasteiger partial charge in [0.2, 0.25) is 5.95 Å². The quantitative estimate of drug-likeness (QED) is 0.788. The lowest BCUT2D eigenvalue weighted by atomic mass is 10.5.